The monoisotopic (exact) mass is 440 g/mol. The van der Waals surface area contributed by atoms with Gasteiger partial charge in [0, 0.05) is 31.1 Å². The lowest BCUT2D eigenvalue weighted by Crippen LogP contribution is -2.30. The van der Waals surface area contributed by atoms with E-state index in [4.69, 9.17) is 19.9 Å². The Labute approximate surface area is 186 Å². The van der Waals surface area contributed by atoms with Crippen molar-refractivity contribution >= 4 is 29.0 Å². The van der Waals surface area contributed by atoms with Crippen LogP contribution >= 0.6 is 0 Å². The molecule has 2 atom stereocenters. The van der Waals surface area contributed by atoms with Crippen LogP contribution in [0.3, 0.4) is 0 Å². The Hall–Kier alpha value is -3.11. The maximum absolute atomic E-state index is 11.7. The van der Waals surface area contributed by atoms with Gasteiger partial charge >= 0.3 is 0 Å². The van der Waals surface area contributed by atoms with E-state index in [0.29, 0.717) is 37.6 Å². The van der Waals surface area contributed by atoms with Gasteiger partial charge in [0.2, 0.25) is 5.95 Å². The van der Waals surface area contributed by atoms with Crippen molar-refractivity contribution in [2.24, 2.45) is 5.73 Å². The second kappa shape index (κ2) is 9.17. The normalized spacial score (nSPS) is 22.2. The zero-order valence-electron chi connectivity index (χ0n) is 17.8. The average Bonchev–Trinajstić information content (AvgIpc) is 3.49. The minimum atomic E-state index is -0.553. The molecule has 1 aromatic carbocycles. The third kappa shape index (κ3) is 5.03. The van der Waals surface area contributed by atoms with Crippen molar-refractivity contribution in [2.75, 3.05) is 42.3 Å². The maximum atomic E-state index is 11.7. The van der Waals surface area contributed by atoms with Crippen molar-refractivity contribution in [1.82, 2.24) is 9.97 Å². The largest absolute Gasteiger partial charge is 0.489 e. The van der Waals surface area contributed by atoms with Crippen molar-refractivity contribution in [3.63, 3.8) is 0 Å². The number of nitrogens with two attached hydrogens (primary N) is 1. The molecule has 1 saturated carbocycles. The van der Waals surface area contributed by atoms with Crippen LogP contribution in [0.2, 0.25) is 0 Å². The number of nitrogens with one attached hydrogen (secondary N) is 3. The molecule has 1 aromatic heterocycles. The Morgan fingerprint density at radius 1 is 1.31 bits per heavy atom. The number of amides is 1. The minimum absolute atomic E-state index is 0.0521. The molecule has 10 nitrogen and oxygen atoms in total. The Balaban J connectivity index is 1.23. The van der Waals surface area contributed by atoms with E-state index in [1.54, 1.807) is 0 Å². The summed E-state index contributed by atoms with van der Waals surface area (Å²) in [5.74, 6) is 1.05. The number of nitrogens with zero attached hydrogens (tertiary/aromatic N) is 2. The zero-order chi connectivity index (χ0) is 21.9. The van der Waals surface area contributed by atoms with Crippen LogP contribution in [0.5, 0.6) is 5.75 Å². The van der Waals surface area contributed by atoms with Gasteiger partial charge < -0.3 is 35.9 Å². The number of rotatable bonds is 8. The number of carbonyl (C=O) groups is 1. The Kier molecular flexibility index (Phi) is 5.95. The number of hydrogen-bond donors (Lipinski definition) is 4. The fourth-order valence-corrected chi connectivity index (χ4v) is 3.75. The number of ether oxygens (including phenoxy) is 3. The lowest BCUT2D eigenvalue weighted by molar-refractivity contribution is -0.0288. The molecule has 2 aliphatic heterocycles. The number of benzene rings is 1. The molecule has 1 unspecified atom stereocenters. The molecule has 0 spiro atoms. The predicted octanol–water partition coefficient (Wildman–Crippen LogP) is 2.26. The summed E-state index contributed by atoms with van der Waals surface area (Å²) >= 11 is 0. The molecule has 170 valence electrons. The summed E-state index contributed by atoms with van der Waals surface area (Å²) in [6.07, 6.45) is 5.85. The highest BCUT2D eigenvalue weighted by Crippen LogP contribution is 2.32. The van der Waals surface area contributed by atoms with Gasteiger partial charge in [-0.2, -0.15) is 4.98 Å². The molecule has 1 amide bonds. The first kappa shape index (κ1) is 20.8. The number of anilines is 4. The van der Waals surface area contributed by atoms with Crippen LogP contribution in [-0.2, 0) is 9.47 Å². The molecular formula is C22H28N6O4. The molecule has 1 aliphatic carbocycles. The van der Waals surface area contributed by atoms with Crippen LogP contribution in [0.4, 0.5) is 23.1 Å². The van der Waals surface area contributed by atoms with Crippen LogP contribution in [0.15, 0.2) is 24.4 Å². The number of aromatic nitrogens is 2. The van der Waals surface area contributed by atoms with E-state index >= 15 is 0 Å². The maximum Gasteiger partial charge on any atom is 0.254 e. The summed E-state index contributed by atoms with van der Waals surface area (Å²) in [5.41, 5.74) is 7.40. The van der Waals surface area contributed by atoms with Crippen molar-refractivity contribution < 1.29 is 19.0 Å². The number of primary amides is 1. The zero-order valence-corrected chi connectivity index (χ0v) is 17.8. The van der Waals surface area contributed by atoms with E-state index < -0.39 is 5.91 Å². The summed E-state index contributed by atoms with van der Waals surface area (Å²) in [5, 5.41) is 9.83. The van der Waals surface area contributed by atoms with Crippen LogP contribution in [0.1, 0.15) is 36.0 Å². The van der Waals surface area contributed by atoms with Crippen LogP contribution < -0.4 is 26.4 Å². The first-order valence-electron chi connectivity index (χ1n) is 11.1. The topological polar surface area (TPSA) is 133 Å². The van der Waals surface area contributed by atoms with Gasteiger partial charge in [0.15, 0.2) is 0 Å². The number of carbonyl (C=O) groups excluding carboxylic acids is 1. The third-order valence-electron chi connectivity index (χ3n) is 5.69. The molecule has 1 saturated heterocycles. The lowest BCUT2D eigenvalue weighted by atomic mass is 10.2. The van der Waals surface area contributed by atoms with Gasteiger partial charge in [0.25, 0.3) is 5.91 Å². The van der Waals surface area contributed by atoms with E-state index in [2.05, 4.69) is 25.9 Å². The highest BCUT2D eigenvalue weighted by atomic mass is 16.6. The molecule has 0 bridgehead atoms. The number of fused-ring (bicyclic) bond motifs is 1. The van der Waals surface area contributed by atoms with Crippen molar-refractivity contribution in [1.29, 1.82) is 0 Å². The third-order valence-corrected chi connectivity index (χ3v) is 5.69. The van der Waals surface area contributed by atoms with Crippen molar-refractivity contribution in [3.05, 3.63) is 30.0 Å². The molecule has 2 aromatic rings. The van der Waals surface area contributed by atoms with E-state index in [9.17, 15) is 4.79 Å². The quantitative estimate of drug-likeness (QED) is 0.488. The van der Waals surface area contributed by atoms with E-state index in [-0.39, 0.29) is 17.8 Å². The van der Waals surface area contributed by atoms with Gasteiger partial charge in [0.1, 0.15) is 24.3 Å². The fourth-order valence-electron chi connectivity index (χ4n) is 3.75. The van der Waals surface area contributed by atoms with Crippen molar-refractivity contribution in [3.8, 4) is 5.75 Å². The first-order valence-corrected chi connectivity index (χ1v) is 11.1. The molecular weight excluding hydrogens is 412 g/mol. The van der Waals surface area contributed by atoms with Gasteiger partial charge in [-0.1, -0.05) is 0 Å². The van der Waals surface area contributed by atoms with Crippen LogP contribution in [-0.4, -0.2) is 60.5 Å². The van der Waals surface area contributed by atoms with E-state index in [1.165, 1.54) is 6.20 Å². The van der Waals surface area contributed by atoms with Gasteiger partial charge in [-0.15, -0.1) is 0 Å². The Bertz CT molecular complexity index is 977. The smallest absolute Gasteiger partial charge is 0.254 e. The predicted molar refractivity (Wildman–Crippen MR) is 120 cm³/mol. The van der Waals surface area contributed by atoms with Gasteiger partial charge in [0.05, 0.1) is 24.0 Å². The van der Waals surface area contributed by atoms with E-state index in [1.807, 2.05) is 18.2 Å². The van der Waals surface area contributed by atoms with Gasteiger partial charge in [-0.25, -0.2) is 4.98 Å². The number of hydrogen-bond acceptors (Lipinski definition) is 9. The molecule has 3 heterocycles. The molecule has 10 heteroatoms. The summed E-state index contributed by atoms with van der Waals surface area (Å²) in [6, 6.07) is 6.07. The second-order valence-corrected chi connectivity index (χ2v) is 8.36. The molecule has 2 fully saturated rings. The summed E-state index contributed by atoms with van der Waals surface area (Å²) in [6.45, 7) is 2.53. The lowest BCUT2D eigenvalue weighted by Gasteiger charge is -2.17. The average molecular weight is 441 g/mol. The summed E-state index contributed by atoms with van der Waals surface area (Å²) < 4.78 is 17.6. The standard InChI is InChI=1S/C22H28N6O4/c23-20(29)17-10-25-22(28-21(17)26-13-3-4-13)27-14-5-6-19-18(8-14)24-9-16(12-32-19)31-11-15-2-1-7-30-15/h5-6,8,10,13,15-16,24H,1-4,7,9,11-12H2,(H2,23,29)(H2,25,26,27,28)/t15?,16-/m0/s1. The second-order valence-electron chi connectivity index (χ2n) is 8.36. The SMILES string of the molecule is NC(=O)c1cnc(Nc2ccc3c(c2)NC[C@H](OCC2CCCO2)CO3)nc1NC1CC1. The minimum Gasteiger partial charge on any atom is -0.489 e. The molecule has 3 aliphatic rings. The van der Waals surface area contributed by atoms with Crippen LogP contribution in [0, 0.1) is 0 Å². The molecule has 5 rings (SSSR count). The highest BCUT2D eigenvalue weighted by Gasteiger charge is 2.25. The van der Waals surface area contributed by atoms with Gasteiger partial charge in [-0.05, 0) is 43.9 Å². The van der Waals surface area contributed by atoms with Crippen molar-refractivity contribution in [2.45, 2.75) is 43.9 Å². The first-order chi connectivity index (χ1) is 15.6. The summed E-state index contributed by atoms with van der Waals surface area (Å²) in [4.78, 5) is 20.4. The Morgan fingerprint density at radius 2 is 2.22 bits per heavy atom. The highest BCUT2D eigenvalue weighted by molar-refractivity contribution is 5.97. The molecule has 0 radical (unpaired) electrons. The fraction of sp³-hybridized carbons (Fsp3) is 0.500. The molecule has 32 heavy (non-hydrogen) atoms. The van der Waals surface area contributed by atoms with Gasteiger partial charge in [-0.3, -0.25) is 4.79 Å². The summed E-state index contributed by atoms with van der Waals surface area (Å²) in [7, 11) is 0. The molecule has 5 N–H and O–H groups in total. The van der Waals surface area contributed by atoms with E-state index in [0.717, 1.165) is 49.4 Å². The Morgan fingerprint density at radius 3 is 3.00 bits per heavy atom. The van der Waals surface area contributed by atoms with Crippen LogP contribution in [0.25, 0.3) is 0 Å².